The SMILES string of the molecule is CCC[C@@H](C[C@H](O)C/C=C\[C@H](C)COCc1ccccc1)O[Si](c1ccccc1)(c1ccccc1)C(C)(C)C. The highest BCUT2D eigenvalue weighted by molar-refractivity contribution is 6.99. The summed E-state index contributed by atoms with van der Waals surface area (Å²) in [6, 6.07) is 31.8. The van der Waals surface area contributed by atoms with Crippen molar-refractivity contribution in [2.45, 2.75) is 84.2 Å². The molecule has 0 saturated heterocycles. The topological polar surface area (TPSA) is 38.7 Å². The molecular formula is C35H48O3Si. The number of benzene rings is 3. The number of aliphatic hydroxyl groups is 1. The third kappa shape index (κ3) is 9.01. The van der Waals surface area contributed by atoms with Crippen LogP contribution in [0.5, 0.6) is 0 Å². The Bertz CT molecular complexity index is 1050. The van der Waals surface area contributed by atoms with E-state index in [0.29, 0.717) is 32.0 Å². The molecule has 3 aromatic rings. The van der Waals surface area contributed by atoms with Crippen LogP contribution in [0.4, 0.5) is 0 Å². The third-order valence-electron chi connectivity index (χ3n) is 7.27. The van der Waals surface area contributed by atoms with Crippen molar-refractivity contribution < 1.29 is 14.3 Å². The lowest BCUT2D eigenvalue weighted by atomic mass is 10.0. The van der Waals surface area contributed by atoms with Crippen molar-refractivity contribution in [3.63, 3.8) is 0 Å². The highest BCUT2D eigenvalue weighted by atomic mass is 28.4. The molecule has 0 saturated carbocycles. The average Bonchev–Trinajstić information content (AvgIpc) is 2.92. The largest absolute Gasteiger partial charge is 0.404 e. The van der Waals surface area contributed by atoms with Crippen LogP contribution < -0.4 is 10.4 Å². The van der Waals surface area contributed by atoms with Crippen LogP contribution in [-0.4, -0.2) is 32.2 Å². The van der Waals surface area contributed by atoms with Crippen LogP contribution in [0.15, 0.2) is 103 Å². The molecule has 0 aliphatic heterocycles. The Morgan fingerprint density at radius 3 is 1.90 bits per heavy atom. The third-order valence-corrected chi connectivity index (χ3v) is 12.4. The van der Waals surface area contributed by atoms with Crippen molar-refractivity contribution in [1.29, 1.82) is 0 Å². The maximum absolute atomic E-state index is 11.1. The molecular weight excluding hydrogens is 496 g/mol. The zero-order valence-electron chi connectivity index (χ0n) is 24.6. The first-order valence-electron chi connectivity index (χ1n) is 14.5. The summed E-state index contributed by atoms with van der Waals surface area (Å²) in [5.74, 6) is 0.292. The minimum absolute atomic E-state index is 0.0173. The van der Waals surface area contributed by atoms with Gasteiger partial charge in [0, 0.05) is 6.10 Å². The zero-order chi connectivity index (χ0) is 28.1. The molecule has 0 bridgehead atoms. The van der Waals surface area contributed by atoms with Crippen molar-refractivity contribution in [3.05, 3.63) is 109 Å². The fourth-order valence-corrected chi connectivity index (χ4v) is 10.1. The van der Waals surface area contributed by atoms with E-state index in [-0.39, 0.29) is 11.1 Å². The van der Waals surface area contributed by atoms with Crippen molar-refractivity contribution in [2.75, 3.05) is 6.61 Å². The normalized spacial score (nSPS) is 14.8. The summed E-state index contributed by atoms with van der Waals surface area (Å²) in [7, 11) is -2.65. The van der Waals surface area contributed by atoms with Gasteiger partial charge in [-0.1, -0.05) is 144 Å². The molecule has 3 atom stereocenters. The summed E-state index contributed by atoms with van der Waals surface area (Å²) in [5, 5.41) is 13.6. The van der Waals surface area contributed by atoms with Crippen molar-refractivity contribution >= 4 is 18.7 Å². The summed E-state index contributed by atoms with van der Waals surface area (Å²) in [6.07, 6.45) is 6.98. The van der Waals surface area contributed by atoms with E-state index in [1.54, 1.807) is 0 Å². The van der Waals surface area contributed by atoms with Crippen LogP contribution in [0.2, 0.25) is 5.04 Å². The van der Waals surface area contributed by atoms with Gasteiger partial charge in [-0.15, -0.1) is 0 Å². The lowest BCUT2D eigenvalue weighted by molar-refractivity contribution is 0.0848. The molecule has 0 spiro atoms. The van der Waals surface area contributed by atoms with E-state index in [0.717, 1.165) is 12.8 Å². The van der Waals surface area contributed by atoms with Gasteiger partial charge < -0.3 is 14.3 Å². The van der Waals surface area contributed by atoms with Crippen molar-refractivity contribution in [3.8, 4) is 0 Å². The minimum Gasteiger partial charge on any atom is -0.404 e. The van der Waals surface area contributed by atoms with Gasteiger partial charge in [-0.05, 0) is 46.2 Å². The van der Waals surface area contributed by atoms with Crippen molar-refractivity contribution in [1.82, 2.24) is 0 Å². The molecule has 1 N–H and O–H groups in total. The molecule has 3 nitrogen and oxygen atoms in total. The minimum atomic E-state index is -2.65. The van der Waals surface area contributed by atoms with Gasteiger partial charge in [0.1, 0.15) is 0 Å². The Balaban J connectivity index is 1.68. The second-order valence-electron chi connectivity index (χ2n) is 11.7. The lowest BCUT2D eigenvalue weighted by Gasteiger charge is -2.45. The maximum atomic E-state index is 11.1. The van der Waals surface area contributed by atoms with Crippen LogP contribution in [0.3, 0.4) is 0 Å². The Morgan fingerprint density at radius 2 is 1.38 bits per heavy atom. The highest BCUT2D eigenvalue weighted by Crippen LogP contribution is 2.38. The Hall–Kier alpha value is -2.50. The monoisotopic (exact) mass is 544 g/mol. The summed E-state index contributed by atoms with van der Waals surface area (Å²) in [4.78, 5) is 0. The summed E-state index contributed by atoms with van der Waals surface area (Å²) in [5.41, 5.74) is 1.19. The Morgan fingerprint density at radius 1 is 0.846 bits per heavy atom. The van der Waals surface area contributed by atoms with Crippen LogP contribution in [-0.2, 0) is 15.8 Å². The van der Waals surface area contributed by atoms with E-state index >= 15 is 0 Å². The molecule has 210 valence electrons. The van der Waals surface area contributed by atoms with Gasteiger partial charge in [-0.3, -0.25) is 0 Å². The van der Waals surface area contributed by atoms with Gasteiger partial charge in [0.25, 0.3) is 8.32 Å². The number of ether oxygens (including phenoxy) is 1. The average molecular weight is 545 g/mol. The zero-order valence-corrected chi connectivity index (χ0v) is 25.6. The van der Waals surface area contributed by atoms with E-state index in [1.807, 2.05) is 18.2 Å². The van der Waals surface area contributed by atoms with Gasteiger partial charge in [-0.25, -0.2) is 0 Å². The first kappa shape index (κ1) is 31.0. The fourth-order valence-electron chi connectivity index (χ4n) is 5.35. The first-order valence-corrected chi connectivity index (χ1v) is 16.4. The first-order chi connectivity index (χ1) is 18.8. The standard InChI is InChI=1S/C35H48O3Si/c1-6-17-32(26-31(36)21-16-18-29(2)27-37-28-30-19-10-7-11-20-30)38-39(35(3,4)5,33-22-12-8-13-23-33)34-24-14-9-15-25-34/h7-16,18-20,22-25,29,31-32,36H,6,17,21,26-28H2,1-5H3/b18-16-/t29-,31+,32-/m0/s1. The van der Waals surface area contributed by atoms with Gasteiger partial charge in [0.05, 0.1) is 19.3 Å². The maximum Gasteiger partial charge on any atom is 0.261 e. The van der Waals surface area contributed by atoms with Crippen LogP contribution in [0.25, 0.3) is 0 Å². The molecule has 39 heavy (non-hydrogen) atoms. The molecule has 0 unspecified atom stereocenters. The lowest BCUT2D eigenvalue weighted by Crippen LogP contribution is -2.67. The van der Waals surface area contributed by atoms with E-state index in [1.165, 1.54) is 15.9 Å². The highest BCUT2D eigenvalue weighted by Gasteiger charge is 2.51. The second kappa shape index (κ2) is 15.3. The predicted molar refractivity (Wildman–Crippen MR) is 167 cm³/mol. The molecule has 3 rings (SSSR count). The van der Waals surface area contributed by atoms with Crippen LogP contribution in [0.1, 0.15) is 65.9 Å². The van der Waals surface area contributed by atoms with Crippen LogP contribution in [0, 0.1) is 5.92 Å². The molecule has 0 aliphatic rings. The fraction of sp³-hybridized carbons (Fsp3) is 0.429. The van der Waals surface area contributed by atoms with Gasteiger partial charge in [0.15, 0.2) is 0 Å². The van der Waals surface area contributed by atoms with Gasteiger partial charge in [0.2, 0.25) is 0 Å². The summed E-state index contributed by atoms with van der Waals surface area (Å²) in [6.45, 7) is 12.6. The van der Waals surface area contributed by atoms with Crippen LogP contribution >= 0.6 is 0 Å². The Kier molecular flexibility index (Phi) is 12.2. The van der Waals surface area contributed by atoms with E-state index in [9.17, 15) is 5.11 Å². The molecule has 4 heteroatoms. The number of hydrogen-bond acceptors (Lipinski definition) is 3. The van der Waals surface area contributed by atoms with Gasteiger partial charge in [-0.2, -0.15) is 0 Å². The predicted octanol–water partition coefficient (Wildman–Crippen LogP) is 7.28. The van der Waals surface area contributed by atoms with Gasteiger partial charge >= 0.3 is 0 Å². The molecule has 0 fully saturated rings. The molecule has 0 radical (unpaired) electrons. The second-order valence-corrected chi connectivity index (χ2v) is 16.0. The molecule has 0 aliphatic carbocycles. The molecule has 3 aromatic carbocycles. The van der Waals surface area contributed by atoms with E-state index in [2.05, 4.69) is 120 Å². The summed E-state index contributed by atoms with van der Waals surface area (Å²) >= 11 is 0. The smallest absolute Gasteiger partial charge is 0.261 e. The van der Waals surface area contributed by atoms with E-state index < -0.39 is 14.4 Å². The Labute approximate surface area is 238 Å². The number of hydrogen-bond donors (Lipinski definition) is 1. The molecule has 0 heterocycles. The number of aliphatic hydroxyl groups excluding tert-OH is 1. The summed E-state index contributed by atoms with van der Waals surface area (Å²) < 4.78 is 13.2. The molecule has 0 amide bonds. The quantitative estimate of drug-likeness (QED) is 0.161. The number of rotatable bonds is 15. The van der Waals surface area contributed by atoms with Crippen molar-refractivity contribution in [2.24, 2.45) is 5.92 Å². The van der Waals surface area contributed by atoms with E-state index in [4.69, 9.17) is 9.16 Å². The molecule has 0 aromatic heterocycles.